The maximum atomic E-state index is 12.6. The third-order valence-electron chi connectivity index (χ3n) is 4.01. The third-order valence-corrected chi connectivity index (χ3v) is 4.19. The number of carbonyl (C=O) groups is 1. The lowest BCUT2D eigenvalue weighted by molar-refractivity contribution is -0.125. The highest BCUT2D eigenvalue weighted by Gasteiger charge is 2.48. The molecule has 0 N–H and O–H groups in total. The summed E-state index contributed by atoms with van der Waals surface area (Å²) >= 11 is 5.80. The summed E-state index contributed by atoms with van der Waals surface area (Å²) in [5, 5.41) is 0.179. The van der Waals surface area contributed by atoms with E-state index in [1.807, 2.05) is 0 Å². The van der Waals surface area contributed by atoms with Crippen LogP contribution in [0.25, 0.3) is 0 Å². The minimum atomic E-state index is -0.239. The van der Waals surface area contributed by atoms with Gasteiger partial charge in [-0.15, -0.1) is 0 Å². The van der Waals surface area contributed by atoms with E-state index in [1.54, 1.807) is 17.2 Å². The Morgan fingerprint density at radius 1 is 1.50 bits per heavy atom. The van der Waals surface area contributed by atoms with E-state index in [0.717, 1.165) is 19.3 Å². The molecule has 1 saturated heterocycles. The molecular weight excluding hydrogens is 250 g/mol. The van der Waals surface area contributed by atoms with Crippen molar-refractivity contribution in [2.24, 2.45) is 5.41 Å². The van der Waals surface area contributed by atoms with E-state index >= 15 is 0 Å². The summed E-state index contributed by atoms with van der Waals surface area (Å²) in [6.45, 7) is 6.20. The minimum Gasteiger partial charge on any atom is -0.293 e. The zero-order valence-corrected chi connectivity index (χ0v) is 11.7. The topological polar surface area (TPSA) is 46.1 Å². The quantitative estimate of drug-likeness (QED) is 0.791. The van der Waals surface area contributed by atoms with E-state index in [4.69, 9.17) is 11.6 Å². The van der Waals surface area contributed by atoms with Gasteiger partial charge in [0.2, 0.25) is 11.2 Å². The summed E-state index contributed by atoms with van der Waals surface area (Å²) in [7, 11) is 0. The lowest BCUT2D eigenvalue weighted by atomic mass is 9.80. The van der Waals surface area contributed by atoms with Crippen molar-refractivity contribution in [1.82, 2.24) is 9.97 Å². The van der Waals surface area contributed by atoms with Crippen molar-refractivity contribution in [3.63, 3.8) is 0 Å². The van der Waals surface area contributed by atoms with Crippen LogP contribution < -0.4 is 4.90 Å². The Morgan fingerprint density at radius 3 is 2.67 bits per heavy atom. The first-order valence-corrected chi connectivity index (χ1v) is 6.74. The van der Waals surface area contributed by atoms with Crippen molar-refractivity contribution in [1.29, 1.82) is 0 Å². The van der Waals surface area contributed by atoms with Crippen LogP contribution in [-0.2, 0) is 4.79 Å². The molecule has 1 aromatic rings. The van der Waals surface area contributed by atoms with Crippen LogP contribution in [0.4, 0.5) is 5.82 Å². The molecule has 1 fully saturated rings. The van der Waals surface area contributed by atoms with E-state index < -0.39 is 0 Å². The highest BCUT2D eigenvalue weighted by Crippen LogP contribution is 2.43. The number of rotatable bonds is 3. The molecule has 1 amide bonds. The Bertz CT molecular complexity index is 459. The summed E-state index contributed by atoms with van der Waals surface area (Å²) in [6, 6.07) is 1.89. The van der Waals surface area contributed by atoms with Crippen LogP contribution in [0.1, 0.15) is 40.0 Å². The number of hydrogen-bond acceptors (Lipinski definition) is 3. The minimum absolute atomic E-state index is 0.156. The molecular formula is C13H18ClN3O. The van der Waals surface area contributed by atoms with Crippen LogP contribution in [0.15, 0.2) is 12.3 Å². The largest absolute Gasteiger partial charge is 0.293 e. The van der Waals surface area contributed by atoms with Gasteiger partial charge in [-0.25, -0.2) is 9.97 Å². The number of nitrogens with zero attached hydrogens (tertiary/aromatic N) is 3. The van der Waals surface area contributed by atoms with Crippen molar-refractivity contribution in [2.45, 2.75) is 46.1 Å². The maximum Gasteiger partial charge on any atom is 0.234 e. The molecule has 4 nitrogen and oxygen atoms in total. The van der Waals surface area contributed by atoms with Gasteiger partial charge in [0.15, 0.2) is 0 Å². The summed E-state index contributed by atoms with van der Waals surface area (Å²) in [5.41, 5.74) is -0.239. The Balaban J connectivity index is 2.38. The van der Waals surface area contributed by atoms with E-state index in [1.165, 1.54) is 0 Å². The molecule has 1 unspecified atom stereocenters. The average Bonchev–Trinajstić information content (AvgIpc) is 2.61. The van der Waals surface area contributed by atoms with Crippen LogP contribution in [-0.4, -0.2) is 21.9 Å². The van der Waals surface area contributed by atoms with E-state index in [0.29, 0.717) is 5.82 Å². The molecule has 18 heavy (non-hydrogen) atoms. The van der Waals surface area contributed by atoms with Crippen molar-refractivity contribution in [3.8, 4) is 0 Å². The zero-order chi connectivity index (χ0) is 13.3. The van der Waals surface area contributed by atoms with E-state index in [-0.39, 0.29) is 22.6 Å². The Hall–Kier alpha value is -1.16. The third kappa shape index (κ3) is 1.99. The number of hydrogen-bond donors (Lipinski definition) is 0. The van der Waals surface area contributed by atoms with Gasteiger partial charge in [-0.2, -0.15) is 0 Å². The Kier molecular flexibility index (Phi) is 3.57. The van der Waals surface area contributed by atoms with E-state index in [9.17, 15) is 4.79 Å². The smallest absolute Gasteiger partial charge is 0.234 e. The van der Waals surface area contributed by atoms with Crippen molar-refractivity contribution in [2.75, 3.05) is 4.90 Å². The van der Waals surface area contributed by atoms with Gasteiger partial charge in [-0.1, -0.05) is 13.8 Å². The molecule has 0 bridgehead atoms. The fraction of sp³-hybridized carbons (Fsp3) is 0.615. The first-order chi connectivity index (χ1) is 8.54. The van der Waals surface area contributed by atoms with Crippen LogP contribution in [0.3, 0.4) is 0 Å². The highest BCUT2D eigenvalue weighted by molar-refractivity contribution is 6.28. The monoisotopic (exact) mass is 267 g/mol. The first-order valence-electron chi connectivity index (χ1n) is 6.36. The van der Waals surface area contributed by atoms with Crippen molar-refractivity contribution in [3.05, 3.63) is 17.5 Å². The molecule has 0 saturated carbocycles. The van der Waals surface area contributed by atoms with Crippen LogP contribution in [0.2, 0.25) is 5.28 Å². The SMILES string of the molecule is CCC1(CC)CC(C)N(c2ccnc(Cl)n2)C1=O. The molecule has 0 radical (unpaired) electrons. The summed E-state index contributed by atoms with van der Waals surface area (Å²) < 4.78 is 0. The fourth-order valence-corrected chi connectivity index (χ4v) is 2.97. The zero-order valence-electron chi connectivity index (χ0n) is 11.0. The van der Waals surface area contributed by atoms with Crippen LogP contribution in [0.5, 0.6) is 0 Å². The predicted octanol–water partition coefficient (Wildman–Crippen LogP) is 3.06. The molecule has 2 rings (SSSR count). The van der Waals surface area contributed by atoms with Gasteiger partial charge < -0.3 is 0 Å². The second-order valence-corrected chi connectivity index (χ2v) is 5.24. The number of amides is 1. The van der Waals surface area contributed by atoms with Crippen molar-refractivity contribution >= 4 is 23.3 Å². The van der Waals surface area contributed by atoms with Gasteiger partial charge in [0, 0.05) is 12.2 Å². The number of aromatic nitrogens is 2. The van der Waals surface area contributed by atoms with Crippen molar-refractivity contribution < 1.29 is 4.79 Å². The molecule has 2 heterocycles. The number of halogens is 1. The highest BCUT2D eigenvalue weighted by atomic mass is 35.5. The molecule has 1 atom stereocenters. The molecule has 98 valence electrons. The average molecular weight is 268 g/mol. The first kappa shape index (κ1) is 13.3. The van der Waals surface area contributed by atoms with Gasteiger partial charge in [-0.3, -0.25) is 9.69 Å². The van der Waals surface area contributed by atoms with Gasteiger partial charge in [0.25, 0.3) is 0 Å². The molecule has 1 aromatic heterocycles. The normalized spacial score (nSPS) is 22.6. The van der Waals surface area contributed by atoms with E-state index in [2.05, 4.69) is 30.7 Å². The molecule has 0 aromatic carbocycles. The van der Waals surface area contributed by atoms with Gasteiger partial charge in [-0.05, 0) is 43.9 Å². The maximum absolute atomic E-state index is 12.6. The predicted molar refractivity (Wildman–Crippen MR) is 71.6 cm³/mol. The molecule has 1 aliphatic rings. The molecule has 1 aliphatic heterocycles. The fourth-order valence-electron chi connectivity index (χ4n) is 2.83. The van der Waals surface area contributed by atoms with Gasteiger partial charge >= 0.3 is 0 Å². The molecule has 0 spiro atoms. The Morgan fingerprint density at radius 2 is 2.17 bits per heavy atom. The molecule has 0 aliphatic carbocycles. The lowest BCUT2D eigenvalue weighted by Crippen LogP contribution is -2.36. The standard InChI is InChI=1S/C13H18ClN3O/c1-4-13(5-2)8-9(3)17(11(13)18)10-6-7-15-12(14)16-10/h6-7,9H,4-5,8H2,1-3H3. The molecule has 5 heteroatoms. The number of anilines is 1. The van der Waals surface area contributed by atoms with Crippen LogP contribution in [0, 0.1) is 5.41 Å². The lowest BCUT2D eigenvalue weighted by Gasteiger charge is -2.24. The van der Waals surface area contributed by atoms with Gasteiger partial charge in [0.1, 0.15) is 5.82 Å². The Labute approximate surface area is 112 Å². The summed E-state index contributed by atoms with van der Waals surface area (Å²) in [6.07, 6.45) is 4.19. The van der Waals surface area contributed by atoms with Crippen LogP contribution >= 0.6 is 11.6 Å². The number of carbonyl (C=O) groups excluding carboxylic acids is 1. The summed E-state index contributed by atoms with van der Waals surface area (Å²) in [5.74, 6) is 0.769. The summed E-state index contributed by atoms with van der Waals surface area (Å²) in [4.78, 5) is 22.4. The van der Waals surface area contributed by atoms with Gasteiger partial charge in [0.05, 0.1) is 5.41 Å². The second kappa shape index (κ2) is 4.84. The second-order valence-electron chi connectivity index (χ2n) is 4.90.